The van der Waals surface area contributed by atoms with Crippen molar-refractivity contribution in [2.45, 2.75) is 38.5 Å². The maximum Gasteiger partial charge on any atom is 0.303 e. The van der Waals surface area contributed by atoms with Crippen LogP contribution >= 0.6 is 0 Å². The van der Waals surface area contributed by atoms with Gasteiger partial charge in [0.15, 0.2) is 0 Å². The van der Waals surface area contributed by atoms with Crippen LogP contribution in [0.1, 0.15) is 44.1 Å². The minimum absolute atomic E-state index is 0.146. The van der Waals surface area contributed by atoms with Crippen LogP contribution in [0.2, 0.25) is 0 Å². The molecule has 0 aliphatic rings. The second-order valence-electron chi connectivity index (χ2n) is 5.09. The molecule has 0 saturated heterocycles. The highest BCUT2D eigenvalue weighted by atomic mass is 16.4. The summed E-state index contributed by atoms with van der Waals surface area (Å²) in [5.41, 5.74) is 0.607. The lowest BCUT2D eigenvalue weighted by molar-refractivity contribution is -0.137. The zero-order valence-corrected chi connectivity index (χ0v) is 12.6. The number of para-hydroxylation sites is 1. The van der Waals surface area contributed by atoms with Crippen LogP contribution in [-0.4, -0.2) is 28.6 Å². The molecule has 0 aliphatic carbocycles. The lowest BCUT2D eigenvalue weighted by atomic mass is 10.1. The minimum atomic E-state index is -0.747. The number of phenols is 1. The van der Waals surface area contributed by atoms with Gasteiger partial charge in [0.25, 0.3) is 0 Å². The Morgan fingerprint density at radius 1 is 1.05 bits per heavy atom. The molecule has 0 saturated carbocycles. The Bertz CT molecular complexity index is 511. The zero-order chi connectivity index (χ0) is 16.2. The number of hydrogen-bond donors (Lipinski definition) is 3. The Hall–Kier alpha value is -2.30. The summed E-state index contributed by atoms with van der Waals surface area (Å²) in [5, 5.41) is 20.8. The van der Waals surface area contributed by atoms with Gasteiger partial charge in [0.2, 0.25) is 5.91 Å². The van der Waals surface area contributed by atoms with Crippen LogP contribution in [0, 0.1) is 0 Å². The zero-order valence-electron chi connectivity index (χ0n) is 12.6. The summed E-state index contributed by atoms with van der Waals surface area (Å²) in [6, 6.07) is 6.82. The van der Waals surface area contributed by atoms with E-state index in [2.05, 4.69) is 5.32 Å². The van der Waals surface area contributed by atoms with E-state index in [1.807, 2.05) is 0 Å². The van der Waals surface area contributed by atoms with E-state index in [9.17, 15) is 14.7 Å². The van der Waals surface area contributed by atoms with E-state index < -0.39 is 5.97 Å². The highest BCUT2D eigenvalue weighted by Crippen LogP contribution is 2.16. The molecule has 1 aromatic carbocycles. The van der Waals surface area contributed by atoms with Gasteiger partial charge in [0.1, 0.15) is 5.75 Å². The number of phenolic OH excluding ortho intramolecular Hbond substituents is 1. The van der Waals surface area contributed by atoms with Gasteiger partial charge in [-0.1, -0.05) is 37.5 Å². The van der Waals surface area contributed by atoms with E-state index >= 15 is 0 Å². The molecule has 0 spiro atoms. The number of carbonyl (C=O) groups is 2. The topological polar surface area (TPSA) is 86.6 Å². The highest BCUT2D eigenvalue weighted by molar-refractivity contribution is 5.92. The van der Waals surface area contributed by atoms with E-state index in [-0.39, 0.29) is 18.1 Å². The van der Waals surface area contributed by atoms with E-state index in [0.29, 0.717) is 18.5 Å². The fraction of sp³-hybridized carbons (Fsp3) is 0.412. The largest absolute Gasteiger partial charge is 0.507 e. The average molecular weight is 305 g/mol. The number of nitrogens with one attached hydrogen (secondary N) is 1. The fourth-order valence-corrected chi connectivity index (χ4v) is 2.00. The van der Waals surface area contributed by atoms with Crippen LogP contribution in [0.4, 0.5) is 0 Å². The Morgan fingerprint density at radius 2 is 1.73 bits per heavy atom. The van der Waals surface area contributed by atoms with Crippen molar-refractivity contribution in [1.29, 1.82) is 0 Å². The SMILES string of the molecule is O=C(O)CCCCCCCNC(=O)C=Cc1ccccc1O. The molecule has 3 N–H and O–H groups in total. The molecule has 0 atom stereocenters. The van der Waals surface area contributed by atoms with Gasteiger partial charge >= 0.3 is 5.97 Å². The van der Waals surface area contributed by atoms with Crippen LogP contribution in [-0.2, 0) is 9.59 Å². The number of carboxylic acid groups (broad SMARTS) is 1. The summed E-state index contributed by atoms with van der Waals surface area (Å²) in [6.45, 7) is 0.600. The Kier molecular flexibility index (Phi) is 8.42. The predicted molar refractivity (Wildman–Crippen MR) is 85.5 cm³/mol. The highest BCUT2D eigenvalue weighted by Gasteiger charge is 1.99. The van der Waals surface area contributed by atoms with Gasteiger partial charge in [-0.25, -0.2) is 0 Å². The summed E-state index contributed by atoms with van der Waals surface area (Å²) >= 11 is 0. The maximum atomic E-state index is 11.6. The number of hydrogen-bond acceptors (Lipinski definition) is 3. The van der Waals surface area contributed by atoms with E-state index in [1.165, 1.54) is 6.08 Å². The van der Waals surface area contributed by atoms with Crippen molar-refractivity contribution < 1.29 is 19.8 Å². The van der Waals surface area contributed by atoms with Gasteiger partial charge in [-0.3, -0.25) is 9.59 Å². The number of rotatable bonds is 10. The molecular formula is C17H23NO4. The molecule has 22 heavy (non-hydrogen) atoms. The van der Waals surface area contributed by atoms with Crippen molar-refractivity contribution in [3.8, 4) is 5.75 Å². The number of carboxylic acids is 1. The number of benzene rings is 1. The molecule has 0 unspecified atom stereocenters. The Labute approximate surface area is 130 Å². The van der Waals surface area contributed by atoms with Crippen LogP contribution in [0.5, 0.6) is 5.75 Å². The first-order valence-electron chi connectivity index (χ1n) is 7.55. The molecule has 0 aromatic heterocycles. The molecule has 1 rings (SSSR count). The number of aliphatic carboxylic acids is 1. The standard InChI is InChI=1S/C17H23NO4/c19-15-9-6-5-8-14(15)11-12-16(20)18-13-7-3-1-2-4-10-17(21)22/h5-6,8-9,11-12,19H,1-4,7,10,13H2,(H,18,20)(H,21,22). The number of amides is 1. The molecule has 1 amide bonds. The molecule has 0 aliphatic heterocycles. The summed E-state index contributed by atoms with van der Waals surface area (Å²) < 4.78 is 0. The average Bonchev–Trinajstić information content (AvgIpc) is 2.49. The minimum Gasteiger partial charge on any atom is -0.507 e. The second-order valence-corrected chi connectivity index (χ2v) is 5.09. The van der Waals surface area contributed by atoms with Gasteiger partial charge in [0, 0.05) is 24.6 Å². The first-order chi connectivity index (χ1) is 10.6. The van der Waals surface area contributed by atoms with Gasteiger partial charge in [-0.15, -0.1) is 0 Å². The lowest BCUT2D eigenvalue weighted by Crippen LogP contribution is -2.21. The van der Waals surface area contributed by atoms with Gasteiger partial charge < -0.3 is 15.5 Å². The lowest BCUT2D eigenvalue weighted by Gasteiger charge is -2.02. The molecular weight excluding hydrogens is 282 g/mol. The first kappa shape index (κ1) is 17.8. The smallest absolute Gasteiger partial charge is 0.303 e. The molecule has 0 bridgehead atoms. The predicted octanol–water partition coefficient (Wildman–Crippen LogP) is 2.95. The molecule has 120 valence electrons. The molecule has 0 radical (unpaired) electrons. The monoisotopic (exact) mass is 305 g/mol. The number of unbranched alkanes of at least 4 members (excludes halogenated alkanes) is 4. The van der Waals surface area contributed by atoms with Crippen molar-refractivity contribution in [3.05, 3.63) is 35.9 Å². The van der Waals surface area contributed by atoms with Gasteiger partial charge in [-0.2, -0.15) is 0 Å². The second kappa shape index (κ2) is 10.4. The van der Waals surface area contributed by atoms with Crippen molar-refractivity contribution in [2.75, 3.05) is 6.54 Å². The third-order valence-corrected chi connectivity index (χ3v) is 3.22. The molecule has 0 heterocycles. The normalized spacial score (nSPS) is 10.7. The van der Waals surface area contributed by atoms with E-state index in [4.69, 9.17) is 5.11 Å². The maximum absolute atomic E-state index is 11.6. The van der Waals surface area contributed by atoms with Crippen molar-refractivity contribution >= 4 is 18.0 Å². The van der Waals surface area contributed by atoms with Crippen LogP contribution < -0.4 is 5.32 Å². The van der Waals surface area contributed by atoms with Crippen LogP contribution in [0.15, 0.2) is 30.3 Å². The summed E-state index contributed by atoms with van der Waals surface area (Å²) in [6.07, 6.45) is 7.67. The van der Waals surface area contributed by atoms with Gasteiger partial charge in [-0.05, 0) is 25.0 Å². The van der Waals surface area contributed by atoms with Crippen LogP contribution in [0.25, 0.3) is 6.08 Å². The fourth-order valence-electron chi connectivity index (χ4n) is 2.00. The first-order valence-corrected chi connectivity index (χ1v) is 7.55. The van der Waals surface area contributed by atoms with Crippen molar-refractivity contribution in [2.24, 2.45) is 0 Å². The molecule has 1 aromatic rings. The van der Waals surface area contributed by atoms with Crippen LogP contribution in [0.3, 0.4) is 0 Å². The Balaban J connectivity index is 2.09. The van der Waals surface area contributed by atoms with Crippen molar-refractivity contribution in [3.63, 3.8) is 0 Å². The Morgan fingerprint density at radius 3 is 2.45 bits per heavy atom. The van der Waals surface area contributed by atoms with E-state index in [0.717, 1.165) is 25.7 Å². The summed E-state index contributed by atoms with van der Waals surface area (Å²) in [4.78, 5) is 21.9. The summed E-state index contributed by atoms with van der Waals surface area (Å²) in [7, 11) is 0. The van der Waals surface area contributed by atoms with E-state index in [1.54, 1.807) is 30.3 Å². The van der Waals surface area contributed by atoms with Gasteiger partial charge in [0.05, 0.1) is 0 Å². The number of aromatic hydroxyl groups is 1. The van der Waals surface area contributed by atoms with Crippen molar-refractivity contribution in [1.82, 2.24) is 5.32 Å². The number of carbonyl (C=O) groups excluding carboxylic acids is 1. The third-order valence-electron chi connectivity index (χ3n) is 3.22. The molecule has 5 heteroatoms. The molecule has 0 fully saturated rings. The summed E-state index contributed by atoms with van der Waals surface area (Å²) in [5.74, 6) is -0.787. The molecule has 5 nitrogen and oxygen atoms in total. The third kappa shape index (κ3) is 8.09. The quantitative estimate of drug-likeness (QED) is 0.458.